The molecule has 2 aromatic carbocycles. The number of carbonyl (C=O) groups is 1. The number of piperazine rings is 1. The van der Waals surface area contributed by atoms with Gasteiger partial charge in [0.2, 0.25) is 0 Å². The van der Waals surface area contributed by atoms with Crippen molar-refractivity contribution in [3.05, 3.63) is 89.6 Å². The number of benzene rings is 2. The number of amides is 1. The normalized spacial score (nSPS) is 20.0. The Balaban J connectivity index is 0.00000423. The van der Waals surface area contributed by atoms with Crippen LogP contribution in [0, 0.1) is 0 Å². The van der Waals surface area contributed by atoms with Gasteiger partial charge in [-0.1, -0.05) is 24.3 Å². The molecule has 43 heavy (non-hydrogen) atoms. The molecule has 5 rings (SSSR count). The number of hydrogen-bond acceptors (Lipinski definition) is 5. The highest BCUT2D eigenvalue weighted by Gasteiger charge is 2.48. The summed E-state index contributed by atoms with van der Waals surface area (Å²) < 4.78 is 86.8. The maximum Gasteiger partial charge on any atom is 0.416 e. The largest absolute Gasteiger partial charge is 0.476 e. The van der Waals surface area contributed by atoms with Gasteiger partial charge >= 0.3 is 12.4 Å². The van der Waals surface area contributed by atoms with Crippen LogP contribution in [0.1, 0.15) is 29.5 Å². The maximum atomic E-state index is 14.2. The Bertz CT molecular complexity index is 1370. The molecule has 1 aromatic heterocycles. The first-order chi connectivity index (χ1) is 19.9. The van der Waals surface area contributed by atoms with Crippen molar-refractivity contribution in [3.8, 4) is 5.75 Å². The average molecular weight is 629 g/mol. The van der Waals surface area contributed by atoms with E-state index in [1.54, 1.807) is 16.0 Å². The molecule has 6 nitrogen and oxygen atoms in total. The topological polar surface area (TPSA) is 48.9 Å². The third-order valence-electron chi connectivity index (χ3n) is 7.68. The molecule has 0 spiro atoms. The number of aromatic nitrogens is 1. The number of nitrogens with zero attached hydrogens (tertiary/aromatic N) is 4. The van der Waals surface area contributed by atoms with Gasteiger partial charge in [0.25, 0.3) is 5.91 Å². The van der Waals surface area contributed by atoms with Crippen LogP contribution in [0.3, 0.4) is 0 Å². The minimum absolute atomic E-state index is 0. The number of alkyl halides is 6. The zero-order valence-corrected chi connectivity index (χ0v) is 23.9. The van der Waals surface area contributed by atoms with E-state index in [0.29, 0.717) is 39.1 Å². The van der Waals surface area contributed by atoms with Crippen LogP contribution in [-0.4, -0.2) is 65.6 Å². The molecule has 2 fully saturated rings. The molecule has 0 radical (unpaired) electrons. The van der Waals surface area contributed by atoms with Gasteiger partial charge in [-0.25, -0.2) is 4.98 Å². The van der Waals surface area contributed by atoms with Crippen molar-refractivity contribution in [1.82, 2.24) is 14.8 Å². The lowest BCUT2D eigenvalue weighted by Crippen LogP contribution is -2.63. The molecule has 2 aliphatic heterocycles. The summed E-state index contributed by atoms with van der Waals surface area (Å²) in [6, 6.07) is 15.0. The zero-order valence-electron chi connectivity index (χ0n) is 23.1. The van der Waals surface area contributed by atoms with E-state index in [1.165, 1.54) is 30.3 Å². The molecule has 2 saturated heterocycles. The molecule has 13 heteroatoms. The number of piperidine rings is 1. The molecule has 0 bridgehead atoms. The predicted octanol–water partition coefficient (Wildman–Crippen LogP) is 6.30. The van der Waals surface area contributed by atoms with Gasteiger partial charge in [-0.3, -0.25) is 9.69 Å². The third-order valence-corrected chi connectivity index (χ3v) is 7.68. The van der Waals surface area contributed by atoms with Crippen molar-refractivity contribution in [1.29, 1.82) is 0 Å². The second-order valence-corrected chi connectivity index (χ2v) is 10.6. The first-order valence-electron chi connectivity index (χ1n) is 13.6. The molecule has 232 valence electrons. The van der Waals surface area contributed by atoms with Crippen LogP contribution in [0.4, 0.5) is 32.2 Å². The van der Waals surface area contributed by atoms with Crippen LogP contribution in [0.15, 0.2) is 72.9 Å². The Labute approximate surface area is 251 Å². The number of pyridine rings is 1. The maximum absolute atomic E-state index is 14.2. The number of halogens is 7. The minimum Gasteiger partial charge on any atom is -0.476 e. The molecule has 1 amide bonds. The zero-order chi connectivity index (χ0) is 30.0. The van der Waals surface area contributed by atoms with Gasteiger partial charge < -0.3 is 14.5 Å². The SMILES string of the molecule is Cl.O=C(N1CCN(c2ccccn2)CC1)C1(Oc2ccc(C(F)(F)F)cc2)CCCN(Cc2ccccc2C(F)(F)F)C1. The summed E-state index contributed by atoms with van der Waals surface area (Å²) in [5, 5.41) is 0. The predicted molar refractivity (Wildman–Crippen MR) is 151 cm³/mol. The molecule has 2 aliphatic rings. The fourth-order valence-electron chi connectivity index (χ4n) is 5.62. The monoisotopic (exact) mass is 628 g/mol. The fourth-order valence-corrected chi connectivity index (χ4v) is 5.62. The number of likely N-dealkylation sites (tertiary alicyclic amines) is 1. The van der Waals surface area contributed by atoms with Gasteiger partial charge in [0.1, 0.15) is 11.6 Å². The summed E-state index contributed by atoms with van der Waals surface area (Å²) in [4.78, 5) is 24.0. The van der Waals surface area contributed by atoms with Crippen molar-refractivity contribution in [3.63, 3.8) is 0 Å². The Morgan fingerprint density at radius 1 is 0.837 bits per heavy atom. The highest BCUT2D eigenvalue weighted by Crippen LogP contribution is 2.36. The van der Waals surface area contributed by atoms with E-state index in [9.17, 15) is 31.1 Å². The summed E-state index contributed by atoms with van der Waals surface area (Å²) in [5.41, 5.74) is -3.01. The summed E-state index contributed by atoms with van der Waals surface area (Å²) in [6.45, 7) is 2.12. The summed E-state index contributed by atoms with van der Waals surface area (Å²) >= 11 is 0. The van der Waals surface area contributed by atoms with Gasteiger partial charge in [0, 0.05) is 45.5 Å². The molecular weight excluding hydrogens is 598 g/mol. The van der Waals surface area contributed by atoms with Crippen LogP contribution in [0.2, 0.25) is 0 Å². The Morgan fingerprint density at radius 2 is 1.51 bits per heavy atom. The first-order valence-corrected chi connectivity index (χ1v) is 13.6. The van der Waals surface area contributed by atoms with Crippen molar-refractivity contribution >= 4 is 24.1 Å². The van der Waals surface area contributed by atoms with Gasteiger partial charge in [0.15, 0.2) is 5.60 Å². The van der Waals surface area contributed by atoms with Crippen molar-refractivity contribution in [2.45, 2.75) is 37.3 Å². The number of carbonyl (C=O) groups excluding carboxylic acids is 1. The van der Waals surface area contributed by atoms with Crippen LogP contribution >= 0.6 is 12.4 Å². The average Bonchev–Trinajstić information content (AvgIpc) is 2.97. The molecular formula is C30H31ClF6N4O2. The van der Waals surface area contributed by atoms with Crippen LogP contribution < -0.4 is 9.64 Å². The van der Waals surface area contributed by atoms with Crippen molar-refractivity contribution in [2.24, 2.45) is 0 Å². The molecule has 0 aliphatic carbocycles. The Kier molecular flexibility index (Phi) is 9.80. The third kappa shape index (κ3) is 7.53. The highest BCUT2D eigenvalue weighted by molar-refractivity contribution is 5.86. The quantitative estimate of drug-likeness (QED) is 0.300. The van der Waals surface area contributed by atoms with Crippen LogP contribution in [0.5, 0.6) is 5.75 Å². The summed E-state index contributed by atoms with van der Waals surface area (Å²) in [6.07, 6.45) is -6.66. The van der Waals surface area contributed by atoms with E-state index >= 15 is 0 Å². The second kappa shape index (κ2) is 13.0. The lowest BCUT2D eigenvalue weighted by atomic mass is 9.89. The smallest absolute Gasteiger partial charge is 0.416 e. The van der Waals surface area contributed by atoms with E-state index in [4.69, 9.17) is 4.74 Å². The van der Waals surface area contributed by atoms with Gasteiger partial charge in [-0.2, -0.15) is 26.3 Å². The van der Waals surface area contributed by atoms with E-state index in [-0.39, 0.29) is 49.1 Å². The van der Waals surface area contributed by atoms with Gasteiger partial charge in [-0.15, -0.1) is 12.4 Å². The molecule has 3 heterocycles. The first kappa shape index (κ1) is 32.4. The summed E-state index contributed by atoms with van der Waals surface area (Å²) in [5.74, 6) is 0.533. The molecule has 0 saturated carbocycles. The Hall–Kier alpha value is -3.51. The second-order valence-electron chi connectivity index (χ2n) is 10.6. The van der Waals surface area contributed by atoms with E-state index in [1.807, 2.05) is 18.2 Å². The summed E-state index contributed by atoms with van der Waals surface area (Å²) in [7, 11) is 0. The molecule has 1 unspecified atom stereocenters. The number of hydrogen-bond donors (Lipinski definition) is 0. The van der Waals surface area contributed by atoms with Gasteiger partial charge in [-0.05, 0) is 67.4 Å². The van der Waals surface area contributed by atoms with Crippen LogP contribution in [-0.2, 0) is 23.7 Å². The van der Waals surface area contributed by atoms with Gasteiger partial charge in [0.05, 0.1) is 11.1 Å². The Morgan fingerprint density at radius 3 is 2.14 bits per heavy atom. The molecule has 3 aromatic rings. The van der Waals surface area contributed by atoms with E-state index in [2.05, 4.69) is 9.88 Å². The van der Waals surface area contributed by atoms with Crippen LogP contribution in [0.25, 0.3) is 0 Å². The van der Waals surface area contributed by atoms with Crippen molar-refractivity contribution < 1.29 is 35.9 Å². The molecule has 1 atom stereocenters. The lowest BCUT2D eigenvalue weighted by molar-refractivity contribution is -0.154. The minimum atomic E-state index is -4.54. The van der Waals surface area contributed by atoms with E-state index < -0.39 is 29.1 Å². The fraction of sp³-hybridized carbons (Fsp3) is 0.400. The van der Waals surface area contributed by atoms with E-state index in [0.717, 1.165) is 24.0 Å². The highest BCUT2D eigenvalue weighted by atomic mass is 35.5. The lowest BCUT2D eigenvalue weighted by Gasteiger charge is -2.45. The number of anilines is 1. The van der Waals surface area contributed by atoms with Crippen molar-refractivity contribution in [2.75, 3.05) is 44.2 Å². The number of rotatable bonds is 6. The molecule has 0 N–H and O–H groups in total. The standard InChI is InChI=1S/C30H30F6N4O2.ClH/c31-29(32,33)23-9-11-24(12-10-23)42-28(27(41)40-18-16-39(17-19-40)26-8-3-4-14-37-26)13-5-15-38(21-28)20-22-6-1-2-7-25(22)30(34,35)36;/h1-4,6-12,14H,5,13,15-21H2;1H. The number of ether oxygens (including phenoxy) is 1.